The van der Waals surface area contributed by atoms with Crippen molar-refractivity contribution in [1.82, 2.24) is 19.9 Å². The van der Waals surface area contributed by atoms with Crippen molar-refractivity contribution in [2.45, 2.75) is 37.8 Å². The van der Waals surface area contributed by atoms with Crippen molar-refractivity contribution >= 4 is 29.0 Å². The smallest absolute Gasteiger partial charge is 0.280 e. The highest BCUT2D eigenvalue weighted by Gasteiger charge is 2.36. The lowest BCUT2D eigenvalue weighted by molar-refractivity contribution is -0.123. The summed E-state index contributed by atoms with van der Waals surface area (Å²) in [6, 6.07) is 13.7. The van der Waals surface area contributed by atoms with Gasteiger partial charge in [-0.3, -0.25) is 19.5 Å². The van der Waals surface area contributed by atoms with Crippen LogP contribution in [0.3, 0.4) is 0 Å². The van der Waals surface area contributed by atoms with Crippen molar-refractivity contribution in [3.05, 3.63) is 71.5 Å². The monoisotopic (exact) mass is 407 g/mol. The predicted octanol–water partition coefficient (Wildman–Crippen LogP) is 3.38. The van der Waals surface area contributed by atoms with Gasteiger partial charge in [-0.25, -0.2) is 0 Å². The molecule has 8 heteroatoms. The fraction of sp³-hybridized carbons (Fsp3) is 0.286. The highest BCUT2D eigenvalue weighted by molar-refractivity contribution is 7.03. The van der Waals surface area contributed by atoms with E-state index in [0.29, 0.717) is 11.4 Å². The summed E-state index contributed by atoms with van der Waals surface area (Å²) in [6.45, 7) is 0. The van der Waals surface area contributed by atoms with E-state index in [0.717, 1.165) is 37.2 Å². The number of nitrogens with zero attached hydrogens (tertiary/aromatic N) is 4. The van der Waals surface area contributed by atoms with Crippen molar-refractivity contribution in [3.63, 3.8) is 0 Å². The predicted molar refractivity (Wildman–Crippen MR) is 111 cm³/mol. The van der Waals surface area contributed by atoms with E-state index < -0.39 is 6.04 Å². The Morgan fingerprint density at radius 1 is 1.07 bits per heavy atom. The molecule has 0 radical (unpaired) electrons. The molecule has 3 aromatic rings. The van der Waals surface area contributed by atoms with Crippen molar-refractivity contribution in [2.24, 2.45) is 0 Å². The molecule has 148 valence electrons. The number of carbonyl (C=O) groups is 2. The fourth-order valence-corrected chi connectivity index (χ4v) is 4.06. The van der Waals surface area contributed by atoms with Gasteiger partial charge in [-0.15, -0.1) is 5.10 Å². The lowest BCUT2D eigenvalue weighted by atomic mass is 10.1. The van der Waals surface area contributed by atoms with Gasteiger partial charge in [-0.1, -0.05) is 41.6 Å². The Hall–Kier alpha value is -3.13. The Morgan fingerprint density at radius 2 is 1.83 bits per heavy atom. The molecule has 0 bridgehead atoms. The second kappa shape index (κ2) is 8.91. The number of para-hydroxylation sites is 1. The van der Waals surface area contributed by atoms with Crippen LogP contribution in [0, 0.1) is 0 Å². The first-order valence-electron chi connectivity index (χ1n) is 9.61. The summed E-state index contributed by atoms with van der Waals surface area (Å²) in [6.07, 6.45) is 5.74. The Kier molecular flexibility index (Phi) is 5.90. The molecule has 0 aliphatic heterocycles. The molecule has 1 N–H and O–H groups in total. The minimum Gasteiger partial charge on any atom is -0.351 e. The van der Waals surface area contributed by atoms with E-state index in [9.17, 15) is 9.59 Å². The second-order valence-corrected chi connectivity index (χ2v) is 7.56. The molecule has 1 aliphatic rings. The zero-order chi connectivity index (χ0) is 20.1. The van der Waals surface area contributed by atoms with Crippen molar-refractivity contribution in [2.75, 3.05) is 4.90 Å². The maximum Gasteiger partial charge on any atom is 0.280 e. The second-order valence-electron chi connectivity index (χ2n) is 6.95. The van der Waals surface area contributed by atoms with Crippen molar-refractivity contribution < 1.29 is 9.59 Å². The number of hydrogen-bond acceptors (Lipinski definition) is 6. The van der Waals surface area contributed by atoms with Crippen LogP contribution >= 0.6 is 11.5 Å². The fourth-order valence-electron chi connectivity index (χ4n) is 3.63. The number of rotatable bonds is 6. The summed E-state index contributed by atoms with van der Waals surface area (Å²) in [5.74, 6) is -0.627. The van der Waals surface area contributed by atoms with Gasteiger partial charge >= 0.3 is 0 Å². The summed E-state index contributed by atoms with van der Waals surface area (Å²) >= 11 is 1.10. The highest BCUT2D eigenvalue weighted by atomic mass is 32.1. The van der Waals surface area contributed by atoms with E-state index in [-0.39, 0.29) is 23.6 Å². The number of benzene rings is 1. The van der Waals surface area contributed by atoms with Crippen LogP contribution < -0.4 is 10.2 Å². The summed E-state index contributed by atoms with van der Waals surface area (Å²) in [7, 11) is 0. The van der Waals surface area contributed by atoms with E-state index >= 15 is 0 Å². The molecule has 1 saturated carbocycles. The summed E-state index contributed by atoms with van der Waals surface area (Å²) in [5.41, 5.74) is 1.31. The Balaban J connectivity index is 1.77. The molecular formula is C21H21N5O2S. The first-order valence-corrected chi connectivity index (χ1v) is 10.4. The molecule has 1 aliphatic carbocycles. The molecule has 4 rings (SSSR count). The molecule has 1 fully saturated rings. The number of pyridine rings is 1. The number of amides is 2. The van der Waals surface area contributed by atoms with Gasteiger partial charge in [0.1, 0.15) is 0 Å². The summed E-state index contributed by atoms with van der Waals surface area (Å²) in [4.78, 5) is 32.7. The molecule has 7 nitrogen and oxygen atoms in total. The van der Waals surface area contributed by atoms with Crippen LogP contribution in [0.2, 0.25) is 0 Å². The maximum atomic E-state index is 13.4. The van der Waals surface area contributed by atoms with Crippen LogP contribution in [-0.4, -0.2) is 32.4 Å². The van der Waals surface area contributed by atoms with Crippen LogP contribution in [-0.2, 0) is 4.79 Å². The molecular weight excluding hydrogens is 386 g/mol. The summed E-state index contributed by atoms with van der Waals surface area (Å²) < 4.78 is 3.81. The lowest BCUT2D eigenvalue weighted by Gasteiger charge is -2.31. The Bertz CT molecular complexity index is 944. The quantitative estimate of drug-likeness (QED) is 0.677. The third-order valence-corrected chi connectivity index (χ3v) is 5.51. The Morgan fingerprint density at radius 3 is 2.48 bits per heavy atom. The van der Waals surface area contributed by atoms with E-state index in [1.165, 1.54) is 4.90 Å². The van der Waals surface area contributed by atoms with Crippen molar-refractivity contribution in [1.29, 1.82) is 0 Å². The topological polar surface area (TPSA) is 88.1 Å². The van der Waals surface area contributed by atoms with E-state index in [2.05, 4.69) is 19.9 Å². The zero-order valence-electron chi connectivity index (χ0n) is 15.8. The van der Waals surface area contributed by atoms with Gasteiger partial charge in [0.25, 0.3) is 5.91 Å². The molecule has 29 heavy (non-hydrogen) atoms. The van der Waals surface area contributed by atoms with E-state index in [4.69, 9.17) is 0 Å². The molecule has 2 heterocycles. The Labute approximate surface area is 173 Å². The van der Waals surface area contributed by atoms with Gasteiger partial charge in [-0.2, -0.15) is 0 Å². The third kappa shape index (κ3) is 4.32. The summed E-state index contributed by atoms with van der Waals surface area (Å²) in [5, 5.41) is 8.63. The average molecular weight is 407 g/mol. The van der Waals surface area contributed by atoms with Crippen LogP contribution in [0.15, 0.2) is 60.1 Å². The van der Waals surface area contributed by atoms with Gasteiger partial charge in [-0.05, 0) is 48.6 Å². The molecule has 0 spiro atoms. The minimum absolute atomic E-state index is 0.127. The maximum absolute atomic E-state index is 13.4. The highest BCUT2D eigenvalue weighted by Crippen LogP contribution is 2.29. The first kappa shape index (κ1) is 19.2. The van der Waals surface area contributed by atoms with Crippen LogP contribution in [0.5, 0.6) is 0 Å². The average Bonchev–Trinajstić information content (AvgIpc) is 3.47. The molecule has 1 aromatic carbocycles. The lowest BCUT2D eigenvalue weighted by Crippen LogP contribution is -2.46. The molecule has 2 aromatic heterocycles. The van der Waals surface area contributed by atoms with Crippen molar-refractivity contribution in [3.8, 4) is 0 Å². The third-order valence-electron chi connectivity index (χ3n) is 5.01. The first-order chi connectivity index (χ1) is 14.2. The molecule has 0 unspecified atom stereocenters. The minimum atomic E-state index is -0.909. The number of nitrogens with one attached hydrogen (secondary N) is 1. The van der Waals surface area contributed by atoms with Crippen LogP contribution in [0.4, 0.5) is 5.69 Å². The van der Waals surface area contributed by atoms with Gasteiger partial charge < -0.3 is 5.32 Å². The van der Waals surface area contributed by atoms with E-state index in [1.807, 2.05) is 24.3 Å². The largest absolute Gasteiger partial charge is 0.351 e. The van der Waals surface area contributed by atoms with Gasteiger partial charge in [0.2, 0.25) is 5.91 Å². The van der Waals surface area contributed by atoms with E-state index in [1.54, 1.807) is 35.8 Å². The molecule has 1 atom stereocenters. The molecule has 2 amide bonds. The number of anilines is 1. The van der Waals surface area contributed by atoms with Crippen LogP contribution in [0.25, 0.3) is 0 Å². The van der Waals surface area contributed by atoms with Gasteiger partial charge in [0.15, 0.2) is 11.7 Å². The van der Waals surface area contributed by atoms with Crippen LogP contribution in [0.1, 0.15) is 47.9 Å². The number of hydrogen-bond donors (Lipinski definition) is 1. The standard InChI is InChI=1S/C21H21N5O2S/c27-20(23-15-8-4-5-9-15)19(17-12-6-7-13-22-17)26(16-10-2-1-3-11-16)21(28)18-14-29-25-24-18/h1-3,6-7,10-15,19H,4-5,8-9H2,(H,23,27)/t19-/m0/s1. The number of aromatic nitrogens is 3. The molecule has 0 saturated heterocycles. The number of carbonyl (C=O) groups excluding carboxylic acids is 2. The normalized spacial score (nSPS) is 15.0. The zero-order valence-corrected chi connectivity index (χ0v) is 16.6. The SMILES string of the molecule is O=C(NC1CCCC1)[C@H](c1ccccn1)N(C(=O)c1csnn1)c1ccccc1. The van der Waals surface area contributed by atoms with Gasteiger partial charge in [0.05, 0.1) is 5.69 Å². The van der Waals surface area contributed by atoms with Gasteiger partial charge in [0, 0.05) is 23.3 Å².